The Morgan fingerprint density at radius 2 is 1.22 bits per heavy atom. The second kappa shape index (κ2) is 7.41. The summed E-state index contributed by atoms with van der Waals surface area (Å²) in [5.41, 5.74) is 1.06. The van der Waals surface area contributed by atoms with Crippen molar-refractivity contribution < 1.29 is 23.9 Å². The second-order valence-electron chi connectivity index (χ2n) is 5.75. The number of ether oxygens (including phenoxy) is 4. The molecule has 0 aliphatic heterocycles. The molecule has 0 fully saturated rings. The van der Waals surface area contributed by atoms with E-state index in [2.05, 4.69) is 0 Å². The van der Waals surface area contributed by atoms with Crippen molar-refractivity contribution in [3.63, 3.8) is 0 Å². The average Bonchev–Trinajstić information content (AvgIpc) is 2.70. The van der Waals surface area contributed by atoms with Crippen molar-refractivity contribution in [2.24, 2.45) is 0 Å². The first kappa shape index (κ1) is 18.3. The molecule has 3 aromatic rings. The van der Waals surface area contributed by atoms with E-state index in [0.717, 1.165) is 10.8 Å². The van der Waals surface area contributed by atoms with Crippen LogP contribution in [0.2, 0.25) is 0 Å². The van der Waals surface area contributed by atoms with E-state index in [-0.39, 0.29) is 5.69 Å². The number of fused-ring (bicyclic) bond motifs is 1. The minimum absolute atomic E-state index is 0.0625. The van der Waals surface area contributed by atoms with Gasteiger partial charge in [-0.15, -0.1) is 0 Å². The highest BCUT2D eigenvalue weighted by Crippen LogP contribution is 2.41. The third-order valence-corrected chi connectivity index (χ3v) is 4.35. The normalized spacial score (nSPS) is 10.5. The lowest BCUT2D eigenvalue weighted by atomic mass is 9.99. The van der Waals surface area contributed by atoms with E-state index in [1.807, 2.05) is 30.3 Å². The molecule has 3 rings (SSSR count). The van der Waals surface area contributed by atoms with E-state index < -0.39 is 4.92 Å². The lowest BCUT2D eigenvalue weighted by Crippen LogP contribution is -1.97. The number of hydrogen-bond donors (Lipinski definition) is 0. The van der Waals surface area contributed by atoms with Crippen LogP contribution in [0.3, 0.4) is 0 Å². The van der Waals surface area contributed by atoms with Crippen molar-refractivity contribution in [2.45, 2.75) is 0 Å². The van der Waals surface area contributed by atoms with Crippen LogP contribution in [-0.2, 0) is 0 Å². The van der Waals surface area contributed by atoms with Gasteiger partial charge < -0.3 is 18.9 Å². The molecule has 0 aromatic heterocycles. The van der Waals surface area contributed by atoms with Gasteiger partial charge in [-0.3, -0.25) is 10.1 Å². The molecule has 0 aliphatic carbocycles. The monoisotopic (exact) mass is 369 g/mol. The molecule has 0 N–H and O–H groups in total. The van der Waals surface area contributed by atoms with E-state index >= 15 is 0 Å². The molecule has 140 valence electrons. The zero-order valence-corrected chi connectivity index (χ0v) is 15.4. The van der Waals surface area contributed by atoms with Gasteiger partial charge in [-0.1, -0.05) is 12.1 Å². The Kier molecular flexibility index (Phi) is 5.03. The summed E-state index contributed by atoms with van der Waals surface area (Å²) in [6, 6.07) is 12.2. The van der Waals surface area contributed by atoms with Crippen molar-refractivity contribution in [3.05, 3.63) is 52.6 Å². The lowest BCUT2D eigenvalue weighted by Gasteiger charge is -2.12. The van der Waals surface area contributed by atoms with Gasteiger partial charge in [-0.05, 0) is 40.6 Å². The highest BCUT2D eigenvalue weighted by Gasteiger charge is 2.21. The molecule has 27 heavy (non-hydrogen) atoms. The van der Waals surface area contributed by atoms with Crippen LogP contribution in [0.5, 0.6) is 23.0 Å². The maximum absolute atomic E-state index is 11.6. The van der Waals surface area contributed by atoms with Gasteiger partial charge in [-0.25, -0.2) is 0 Å². The van der Waals surface area contributed by atoms with Crippen molar-refractivity contribution in [3.8, 4) is 34.1 Å². The number of hydrogen-bond acceptors (Lipinski definition) is 6. The highest BCUT2D eigenvalue weighted by molar-refractivity contribution is 5.91. The fourth-order valence-corrected chi connectivity index (χ4v) is 2.99. The summed E-state index contributed by atoms with van der Waals surface area (Å²) >= 11 is 0. The third kappa shape index (κ3) is 3.31. The third-order valence-electron chi connectivity index (χ3n) is 4.35. The standard InChI is InChI=1S/C20H19NO6/c1-24-17-8-12-5-6-13(7-14(12)9-18(17)25-2)15-10-19(26-3)20(27-4)11-16(15)21(22)23/h5-11H,1-4H3. The quantitative estimate of drug-likeness (QED) is 0.472. The topological polar surface area (TPSA) is 80.1 Å². The number of rotatable bonds is 6. The van der Waals surface area contributed by atoms with Gasteiger partial charge in [0.25, 0.3) is 5.69 Å². The van der Waals surface area contributed by atoms with Gasteiger partial charge in [0, 0.05) is 0 Å². The van der Waals surface area contributed by atoms with Crippen LogP contribution in [0.1, 0.15) is 0 Å². The van der Waals surface area contributed by atoms with Gasteiger partial charge in [0.2, 0.25) is 0 Å². The average molecular weight is 369 g/mol. The summed E-state index contributed by atoms with van der Waals surface area (Å²) in [6.07, 6.45) is 0. The molecular formula is C20H19NO6. The second-order valence-corrected chi connectivity index (χ2v) is 5.75. The van der Waals surface area contributed by atoms with E-state index in [1.165, 1.54) is 20.3 Å². The predicted molar refractivity (Wildman–Crippen MR) is 102 cm³/mol. The highest BCUT2D eigenvalue weighted by atomic mass is 16.6. The molecule has 0 spiro atoms. The fraction of sp³-hybridized carbons (Fsp3) is 0.200. The van der Waals surface area contributed by atoms with Crippen molar-refractivity contribution in [1.29, 1.82) is 0 Å². The molecule has 7 heteroatoms. The largest absolute Gasteiger partial charge is 0.493 e. The summed E-state index contributed by atoms with van der Waals surface area (Å²) in [6.45, 7) is 0. The summed E-state index contributed by atoms with van der Waals surface area (Å²) in [5.74, 6) is 1.93. The fourth-order valence-electron chi connectivity index (χ4n) is 2.99. The maximum Gasteiger partial charge on any atom is 0.281 e. The molecule has 0 heterocycles. The number of nitro groups is 1. The van der Waals surface area contributed by atoms with Gasteiger partial charge in [0.05, 0.1) is 45.0 Å². The van der Waals surface area contributed by atoms with Gasteiger partial charge >= 0.3 is 0 Å². The van der Waals surface area contributed by atoms with Crippen LogP contribution < -0.4 is 18.9 Å². The van der Waals surface area contributed by atoms with E-state index in [1.54, 1.807) is 20.3 Å². The van der Waals surface area contributed by atoms with E-state index in [9.17, 15) is 10.1 Å². The molecule has 0 unspecified atom stereocenters. The number of nitro benzene ring substituents is 1. The summed E-state index contributed by atoms with van der Waals surface area (Å²) in [7, 11) is 6.07. The van der Waals surface area contributed by atoms with Gasteiger partial charge in [-0.2, -0.15) is 0 Å². The first-order chi connectivity index (χ1) is 13.0. The first-order valence-electron chi connectivity index (χ1n) is 8.09. The molecule has 0 amide bonds. The summed E-state index contributed by atoms with van der Waals surface area (Å²) in [5, 5.41) is 13.4. The van der Waals surface area contributed by atoms with Crippen LogP contribution in [0.15, 0.2) is 42.5 Å². The Morgan fingerprint density at radius 1 is 0.704 bits per heavy atom. The predicted octanol–water partition coefficient (Wildman–Crippen LogP) is 4.45. The molecular weight excluding hydrogens is 350 g/mol. The minimum atomic E-state index is -0.434. The molecule has 0 saturated carbocycles. The van der Waals surface area contributed by atoms with Crippen LogP contribution in [0, 0.1) is 10.1 Å². The minimum Gasteiger partial charge on any atom is -0.493 e. The molecule has 0 saturated heterocycles. The van der Waals surface area contributed by atoms with Crippen LogP contribution >= 0.6 is 0 Å². The molecule has 3 aromatic carbocycles. The molecule has 0 radical (unpaired) electrons. The Hall–Kier alpha value is -3.48. The summed E-state index contributed by atoms with van der Waals surface area (Å²) in [4.78, 5) is 11.1. The van der Waals surface area contributed by atoms with Gasteiger partial charge in [0.15, 0.2) is 23.0 Å². The number of nitrogens with zero attached hydrogens (tertiary/aromatic N) is 1. The summed E-state index contributed by atoms with van der Waals surface area (Å²) < 4.78 is 21.2. The number of methoxy groups -OCH3 is 4. The van der Waals surface area contributed by atoms with E-state index in [4.69, 9.17) is 18.9 Å². The Balaban J connectivity index is 2.23. The van der Waals surface area contributed by atoms with Gasteiger partial charge in [0.1, 0.15) is 0 Å². The maximum atomic E-state index is 11.6. The molecule has 0 atom stereocenters. The lowest BCUT2D eigenvalue weighted by molar-refractivity contribution is -0.384. The Bertz CT molecular complexity index is 1020. The Morgan fingerprint density at radius 3 is 1.78 bits per heavy atom. The van der Waals surface area contributed by atoms with Crippen molar-refractivity contribution in [1.82, 2.24) is 0 Å². The zero-order valence-electron chi connectivity index (χ0n) is 15.4. The molecule has 7 nitrogen and oxygen atoms in total. The van der Waals surface area contributed by atoms with Crippen molar-refractivity contribution in [2.75, 3.05) is 28.4 Å². The van der Waals surface area contributed by atoms with E-state index in [0.29, 0.717) is 34.1 Å². The molecule has 0 aliphatic rings. The van der Waals surface area contributed by atoms with Crippen LogP contribution in [-0.4, -0.2) is 33.4 Å². The molecule has 0 bridgehead atoms. The van der Waals surface area contributed by atoms with Crippen LogP contribution in [0.25, 0.3) is 21.9 Å². The first-order valence-corrected chi connectivity index (χ1v) is 8.09. The SMILES string of the molecule is COc1cc(-c2ccc3cc(OC)c(OC)cc3c2)c([N+](=O)[O-])cc1OC. The van der Waals surface area contributed by atoms with Crippen molar-refractivity contribution >= 4 is 16.5 Å². The zero-order chi connectivity index (χ0) is 19.6. The smallest absolute Gasteiger partial charge is 0.281 e. The van der Waals surface area contributed by atoms with Crippen LogP contribution in [0.4, 0.5) is 5.69 Å². The number of benzene rings is 3. The Labute approximate surface area is 156 Å².